The molecule has 0 spiro atoms. The molecule has 0 amide bonds. The Kier molecular flexibility index (Phi) is 4.77. The third kappa shape index (κ3) is 4.16. The summed E-state index contributed by atoms with van der Waals surface area (Å²) >= 11 is 0. The molecule has 0 atom stereocenters. The van der Waals surface area contributed by atoms with E-state index in [0.29, 0.717) is 18.4 Å². The highest BCUT2D eigenvalue weighted by molar-refractivity contribution is 6.04. The molecule has 6 nitrogen and oxygen atoms in total. The molecule has 20 heavy (non-hydrogen) atoms. The van der Waals surface area contributed by atoms with Crippen molar-refractivity contribution in [3.05, 3.63) is 54.3 Å². The van der Waals surface area contributed by atoms with Gasteiger partial charge >= 0.3 is 0 Å². The van der Waals surface area contributed by atoms with E-state index in [-0.39, 0.29) is 5.96 Å². The zero-order valence-electron chi connectivity index (χ0n) is 11.2. The Morgan fingerprint density at radius 2 is 2.00 bits per heavy atom. The highest BCUT2D eigenvalue weighted by Gasteiger charge is 2.03. The van der Waals surface area contributed by atoms with Gasteiger partial charge in [-0.2, -0.15) is 0 Å². The van der Waals surface area contributed by atoms with Crippen molar-refractivity contribution in [2.24, 2.45) is 15.7 Å². The van der Waals surface area contributed by atoms with Crippen LogP contribution in [-0.4, -0.2) is 19.0 Å². The third-order valence-electron chi connectivity index (χ3n) is 2.51. The first-order valence-electron chi connectivity index (χ1n) is 6.16. The number of nitrogens with one attached hydrogen (secondary N) is 2. The van der Waals surface area contributed by atoms with Gasteiger partial charge in [0.1, 0.15) is 0 Å². The second-order valence-electron chi connectivity index (χ2n) is 3.99. The molecule has 2 aromatic rings. The minimum absolute atomic E-state index is 0.274. The standard InChI is InChI=1S/C14H17N5O/c1-16-13(15)19-14(18-12-8-5-9-20-12)17-10-11-6-3-2-4-7-11/h2-9H,10H2,1H3,(H4,15,16,17,18,19). The van der Waals surface area contributed by atoms with Crippen molar-refractivity contribution in [2.45, 2.75) is 6.54 Å². The molecule has 0 unspecified atom stereocenters. The predicted octanol–water partition coefficient (Wildman–Crippen LogP) is 1.78. The van der Waals surface area contributed by atoms with E-state index in [1.165, 1.54) is 0 Å². The van der Waals surface area contributed by atoms with Gasteiger partial charge in [0, 0.05) is 13.1 Å². The maximum atomic E-state index is 5.66. The molecular weight excluding hydrogens is 254 g/mol. The molecule has 2 rings (SSSR count). The largest absolute Gasteiger partial charge is 0.449 e. The maximum absolute atomic E-state index is 5.66. The highest BCUT2D eigenvalue weighted by atomic mass is 16.3. The number of nitrogens with zero attached hydrogens (tertiary/aromatic N) is 2. The van der Waals surface area contributed by atoms with Crippen LogP contribution < -0.4 is 16.4 Å². The molecule has 4 N–H and O–H groups in total. The van der Waals surface area contributed by atoms with Gasteiger partial charge in [-0.15, -0.1) is 0 Å². The van der Waals surface area contributed by atoms with Gasteiger partial charge < -0.3 is 10.2 Å². The molecule has 0 aliphatic heterocycles. The number of benzene rings is 1. The molecule has 1 heterocycles. The van der Waals surface area contributed by atoms with Crippen LogP contribution in [0.25, 0.3) is 0 Å². The Morgan fingerprint density at radius 1 is 1.20 bits per heavy atom. The van der Waals surface area contributed by atoms with Gasteiger partial charge in [0.15, 0.2) is 11.8 Å². The first-order valence-corrected chi connectivity index (χ1v) is 6.16. The second kappa shape index (κ2) is 6.98. The molecule has 0 saturated carbocycles. The van der Waals surface area contributed by atoms with E-state index in [1.807, 2.05) is 30.3 Å². The van der Waals surface area contributed by atoms with Gasteiger partial charge in [-0.3, -0.25) is 15.6 Å². The zero-order chi connectivity index (χ0) is 14.2. The van der Waals surface area contributed by atoms with Crippen molar-refractivity contribution in [2.75, 3.05) is 12.4 Å². The Balaban J connectivity index is 2.08. The minimum Gasteiger partial charge on any atom is -0.449 e. The number of hydrogen-bond acceptors (Lipinski definition) is 3. The summed E-state index contributed by atoms with van der Waals surface area (Å²) in [6.07, 6.45) is 1.58. The van der Waals surface area contributed by atoms with E-state index in [4.69, 9.17) is 10.2 Å². The van der Waals surface area contributed by atoms with Crippen LogP contribution >= 0.6 is 0 Å². The first-order chi connectivity index (χ1) is 9.78. The van der Waals surface area contributed by atoms with Gasteiger partial charge in [-0.1, -0.05) is 30.3 Å². The molecule has 6 heteroatoms. The zero-order valence-corrected chi connectivity index (χ0v) is 11.2. The third-order valence-corrected chi connectivity index (χ3v) is 2.51. The quantitative estimate of drug-likeness (QED) is 0.586. The fourth-order valence-electron chi connectivity index (χ4n) is 1.51. The van der Waals surface area contributed by atoms with E-state index >= 15 is 0 Å². The molecule has 1 aromatic carbocycles. The predicted molar refractivity (Wildman–Crippen MR) is 80.6 cm³/mol. The molecule has 0 radical (unpaired) electrons. The van der Waals surface area contributed by atoms with Crippen molar-refractivity contribution in [1.82, 2.24) is 5.32 Å². The molecule has 0 fully saturated rings. The lowest BCUT2D eigenvalue weighted by molar-refractivity contribution is 0.586. The fourth-order valence-corrected chi connectivity index (χ4v) is 1.51. The molecule has 0 aliphatic rings. The molecule has 104 valence electrons. The lowest BCUT2D eigenvalue weighted by Crippen LogP contribution is -2.40. The average Bonchev–Trinajstić information content (AvgIpc) is 2.98. The van der Waals surface area contributed by atoms with Crippen LogP contribution in [-0.2, 0) is 6.54 Å². The van der Waals surface area contributed by atoms with Crippen LogP contribution in [0, 0.1) is 0 Å². The monoisotopic (exact) mass is 271 g/mol. The summed E-state index contributed by atoms with van der Waals surface area (Å²) in [5.74, 6) is 1.33. The SMILES string of the molecule is CN=C(N)NC(=NCc1ccccc1)Nc1ccco1. The maximum Gasteiger partial charge on any atom is 0.205 e. The molecule has 0 aliphatic carbocycles. The summed E-state index contributed by atoms with van der Waals surface area (Å²) in [7, 11) is 1.60. The van der Waals surface area contributed by atoms with Gasteiger partial charge in [0.25, 0.3) is 0 Å². The summed E-state index contributed by atoms with van der Waals surface area (Å²) in [6, 6.07) is 13.5. The Morgan fingerprint density at radius 3 is 2.65 bits per heavy atom. The van der Waals surface area contributed by atoms with E-state index in [2.05, 4.69) is 20.6 Å². The van der Waals surface area contributed by atoms with Gasteiger partial charge in [-0.05, 0) is 11.6 Å². The lowest BCUT2D eigenvalue weighted by atomic mass is 10.2. The van der Waals surface area contributed by atoms with Gasteiger partial charge in [-0.25, -0.2) is 4.99 Å². The van der Waals surface area contributed by atoms with Crippen LogP contribution in [0.1, 0.15) is 5.56 Å². The van der Waals surface area contributed by atoms with Crippen LogP contribution in [0.2, 0.25) is 0 Å². The van der Waals surface area contributed by atoms with Gasteiger partial charge in [0.2, 0.25) is 5.96 Å². The van der Waals surface area contributed by atoms with Crippen molar-refractivity contribution >= 4 is 17.8 Å². The summed E-state index contributed by atoms with van der Waals surface area (Å²) < 4.78 is 5.22. The van der Waals surface area contributed by atoms with Crippen molar-refractivity contribution in [3.63, 3.8) is 0 Å². The smallest absolute Gasteiger partial charge is 0.205 e. The van der Waals surface area contributed by atoms with Crippen LogP contribution in [0.3, 0.4) is 0 Å². The number of aliphatic imine (C=N–C) groups is 2. The van der Waals surface area contributed by atoms with Crippen LogP contribution in [0.5, 0.6) is 0 Å². The second-order valence-corrected chi connectivity index (χ2v) is 3.99. The van der Waals surface area contributed by atoms with Crippen molar-refractivity contribution in [3.8, 4) is 0 Å². The number of furan rings is 1. The topological polar surface area (TPSA) is 87.9 Å². The van der Waals surface area contributed by atoms with Crippen molar-refractivity contribution in [1.29, 1.82) is 0 Å². The normalized spacial score (nSPS) is 12.2. The Hall–Kier alpha value is -2.76. The number of hydrogen-bond donors (Lipinski definition) is 3. The fraction of sp³-hybridized carbons (Fsp3) is 0.143. The number of rotatable bonds is 3. The van der Waals surface area contributed by atoms with E-state index < -0.39 is 0 Å². The molecule has 1 aromatic heterocycles. The van der Waals surface area contributed by atoms with Crippen LogP contribution in [0.15, 0.2) is 63.1 Å². The average molecular weight is 271 g/mol. The molecular formula is C14H17N5O. The van der Waals surface area contributed by atoms with E-state index in [9.17, 15) is 0 Å². The Bertz CT molecular complexity index is 575. The molecule has 0 bridgehead atoms. The van der Waals surface area contributed by atoms with E-state index in [1.54, 1.807) is 25.4 Å². The summed E-state index contributed by atoms with van der Waals surface area (Å²) in [5.41, 5.74) is 6.76. The summed E-state index contributed by atoms with van der Waals surface area (Å²) in [6.45, 7) is 0.522. The minimum atomic E-state index is 0.274. The van der Waals surface area contributed by atoms with Gasteiger partial charge in [0.05, 0.1) is 12.8 Å². The summed E-state index contributed by atoms with van der Waals surface area (Å²) in [5, 5.41) is 5.89. The Labute approximate surface area is 117 Å². The van der Waals surface area contributed by atoms with Crippen LogP contribution in [0.4, 0.5) is 5.88 Å². The first kappa shape index (κ1) is 13.7. The molecule has 0 saturated heterocycles. The lowest BCUT2D eigenvalue weighted by Gasteiger charge is -2.09. The number of nitrogens with two attached hydrogens (primary N) is 1. The summed E-state index contributed by atoms with van der Waals surface area (Å²) in [4.78, 5) is 8.27. The van der Waals surface area contributed by atoms with Crippen molar-refractivity contribution < 1.29 is 4.42 Å². The number of anilines is 1. The van der Waals surface area contributed by atoms with E-state index in [0.717, 1.165) is 5.56 Å². The number of guanidine groups is 2. The highest BCUT2D eigenvalue weighted by Crippen LogP contribution is 2.06.